The molecule has 0 amide bonds. The number of nitrogens with zero attached hydrogens (tertiary/aromatic N) is 5. The Hall–Kier alpha value is -5.81. The van der Waals surface area contributed by atoms with Crippen LogP contribution in [-0.4, -0.2) is 24.1 Å². The van der Waals surface area contributed by atoms with Crippen LogP contribution in [0.1, 0.15) is 33.5 Å². The van der Waals surface area contributed by atoms with E-state index in [0.29, 0.717) is 5.82 Å². The summed E-state index contributed by atoms with van der Waals surface area (Å²) in [6.45, 7) is 8.04. The Morgan fingerprint density at radius 2 is 1.13 bits per heavy atom. The van der Waals surface area contributed by atoms with Crippen molar-refractivity contribution in [3.8, 4) is 22.8 Å². The van der Waals surface area contributed by atoms with E-state index in [4.69, 9.17) is 15.0 Å². The van der Waals surface area contributed by atoms with Gasteiger partial charge in [-0.15, -0.1) is 0 Å². The number of benzene rings is 4. The molecule has 0 spiro atoms. The van der Waals surface area contributed by atoms with E-state index >= 15 is 0 Å². The molecule has 0 radical (unpaired) electrons. The zero-order valence-corrected chi connectivity index (χ0v) is 26.5. The topological polar surface area (TPSA) is 48.5 Å². The maximum atomic E-state index is 5.40. The number of para-hydroxylation sites is 3. The molecular formula is C41H35N5. The number of pyridine rings is 1. The maximum absolute atomic E-state index is 5.40. The second-order valence-corrected chi connectivity index (χ2v) is 10.8. The minimum absolute atomic E-state index is 0.681. The molecule has 0 saturated carbocycles. The van der Waals surface area contributed by atoms with Crippen molar-refractivity contribution in [2.45, 2.75) is 27.7 Å². The molecule has 0 aliphatic rings. The molecule has 0 aliphatic heterocycles. The van der Waals surface area contributed by atoms with Crippen LogP contribution in [0.2, 0.25) is 0 Å². The van der Waals surface area contributed by atoms with Crippen molar-refractivity contribution in [1.82, 2.24) is 24.1 Å². The van der Waals surface area contributed by atoms with Gasteiger partial charge in [0.15, 0.2) is 5.82 Å². The third kappa shape index (κ3) is 4.77. The van der Waals surface area contributed by atoms with Crippen LogP contribution < -0.4 is 0 Å². The van der Waals surface area contributed by atoms with Crippen LogP contribution >= 0.6 is 0 Å². The lowest BCUT2D eigenvalue weighted by atomic mass is 10.1. The Bertz CT molecular complexity index is 2390. The third-order valence-electron chi connectivity index (χ3n) is 8.21. The summed E-state index contributed by atoms with van der Waals surface area (Å²) in [6, 6.07) is 42.1. The zero-order chi connectivity index (χ0) is 31.6. The molecule has 0 bridgehead atoms. The van der Waals surface area contributed by atoms with Gasteiger partial charge in [-0.1, -0.05) is 117 Å². The van der Waals surface area contributed by atoms with Crippen LogP contribution in [0.5, 0.6) is 0 Å². The Balaban J connectivity index is 0.00000166. The number of hydrogen-bond donors (Lipinski definition) is 0. The van der Waals surface area contributed by atoms with E-state index in [9.17, 15) is 0 Å². The van der Waals surface area contributed by atoms with E-state index in [2.05, 4.69) is 124 Å². The first-order valence-corrected chi connectivity index (χ1v) is 15.9. The fourth-order valence-corrected chi connectivity index (χ4v) is 6.24. The molecular weight excluding hydrogens is 562 g/mol. The summed E-state index contributed by atoms with van der Waals surface area (Å²) in [7, 11) is 0. The number of allylic oxidation sites excluding steroid dienone is 4. The third-order valence-corrected chi connectivity index (χ3v) is 8.21. The lowest BCUT2D eigenvalue weighted by Crippen LogP contribution is -2.04. The zero-order valence-electron chi connectivity index (χ0n) is 26.5. The SMILES string of the molecule is C/C=C\C(=C/C)c1nc(-c2ccccc2)cc(-n2c3ccccc3c3nc4c5ccccc5n(-c5ccccc5)c4cc32)n1.CC. The molecule has 0 saturated heterocycles. The van der Waals surface area contributed by atoms with Crippen molar-refractivity contribution >= 4 is 49.4 Å². The van der Waals surface area contributed by atoms with E-state index in [1.807, 2.05) is 52.0 Å². The van der Waals surface area contributed by atoms with Crippen LogP contribution in [0.15, 0.2) is 140 Å². The standard InChI is InChI=1S/C39H29N5.C2H6/c1-3-15-26(4-2)39-40-31(27-16-7-5-8-17-27)24-36(41-39)44-33-23-14-12-21-30(33)38-35(44)25-34-37(42-38)29-20-11-13-22-32(29)43(34)28-18-9-6-10-19-28;1-2/h3-25H,1-2H3;1-2H3/b15-3-,26-4+;. The molecule has 4 heterocycles. The van der Waals surface area contributed by atoms with Crippen LogP contribution in [0.25, 0.3) is 72.2 Å². The predicted molar refractivity (Wildman–Crippen MR) is 194 cm³/mol. The van der Waals surface area contributed by atoms with Gasteiger partial charge in [0.05, 0.1) is 38.8 Å². The van der Waals surface area contributed by atoms with Gasteiger partial charge >= 0.3 is 0 Å². The minimum atomic E-state index is 0.681. The lowest BCUT2D eigenvalue weighted by molar-refractivity contribution is 1.02. The van der Waals surface area contributed by atoms with Crippen molar-refractivity contribution in [2.75, 3.05) is 0 Å². The Labute approximate surface area is 268 Å². The lowest BCUT2D eigenvalue weighted by Gasteiger charge is -2.12. The van der Waals surface area contributed by atoms with Gasteiger partial charge < -0.3 is 4.57 Å². The van der Waals surface area contributed by atoms with Gasteiger partial charge in [0, 0.05) is 33.7 Å². The van der Waals surface area contributed by atoms with Gasteiger partial charge in [-0.05, 0) is 44.2 Å². The second-order valence-electron chi connectivity index (χ2n) is 10.8. The smallest absolute Gasteiger partial charge is 0.161 e. The second kappa shape index (κ2) is 12.3. The van der Waals surface area contributed by atoms with Gasteiger partial charge in [0.2, 0.25) is 0 Å². The van der Waals surface area contributed by atoms with Crippen LogP contribution in [0, 0.1) is 0 Å². The first-order valence-electron chi connectivity index (χ1n) is 15.9. The number of aromatic nitrogens is 5. The van der Waals surface area contributed by atoms with E-state index in [1.54, 1.807) is 0 Å². The normalized spacial score (nSPS) is 12.0. The molecule has 4 aromatic heterocycles. The van der Waals surface area contributed by atoms with Crippen LogP contribution in [0.3, 0.4) is 0 Å². The Kier molecular flexibility index (Phi) is 7.73. The highest BCUT2D eigenvalue weighted by Gasteiger charge is 2.21. The highest BCUT2D eigenvalue weighted by molar-refractivity contribution is 6.15. The molecule has 8 rings (SSSR count). The summed E-state index contributed by atoms with van der Waals surface area (Å²) in [4.78, 5) is 15.6. The summed E-state index contributed by atoms with van der Waals surface area (Å²) < 4.78 is 4.55. The average Bonchev–Trinajstić information content (AvgIpc) is 3.63. The number of fused-ring (bicyclic) bond motifs is 6. The Morgan fingerprint density at radius 3 is 1.76 bits per heavy atom. The van der Waals surface area contributed by atoms with E-state index in [0.717, 1.165) is 72.2 Å². The summed E-state index contributed by atoms with van der Waals surface area (Å²) in [5, 5.41) is 2.21. The largest absolute Gasteiger partial charge is 0.308 e. The molecule has 224 valence electrons. The molecule has 8 aromatic rings. The van der Waals surface area contributed by atoms with Gasteiger partial charge in [-0.2, -0.15) is 0 Å². The molecule has 4 aromatic carbocycles. The van der Waals surface area contributed by atoms with E-state index in [-0.39, 0.29) is 0 Å². The number of rotatable bonds is 5. The van der Waals surface area contributed by atoms with E-state index < -0.39 is 0 Å². The molecule has 0 fully saturated rings. The molecule has 46 heavy (non-hydrogen) atoms. The van der Waals surface area contributed by atoms with Crippen molar-refractivity contribution in [1.29, 1.82) is 0 Å². The molecule has 0 aliphatic carbocycles. The summed E-state index contributed by atoms with van der Waals surface area (Å²) in [5.74, 6) is 1.48. The fraction of sp³-hybridized carbons (Fsp3) is 0.0976. The summed E-state index contributed by atoms with van der Waals surface area (Å²) in [5.41, 5.74) is 10.1. The average molecular weight is 598 g/mol. The fourth-order valence-electron chi connectivity index (χ4n) is 6.24. The van der Waals surface area contributed by atoms with Gasteiger partial charge in [0.25, 0.3) is 0 Å². The summed E-state index contributed by atoms with van der Waals surface area (Å²) in [6.07, 6.45) is 6.14. The highest BCUT2D eigenvalue weighted by Crippen LogP contribution is 2.37. The Morgan fingerprint density at radius 1 is 0.565 bits per heavy atom. The van der Waals surface area contributed by atoms with Crippen molar-refractivity contribution < 1.29 is 0 Å². The predicted octanol–water partition coefficient (Wildman–Crippen LogP) is 10.7. The maximum Gasteiger partial charge on any atom is 0.161 e. The molecule has 5 heteroatoms. The number of hydrogen-bond acceptors (Lipinski definition) is 3. The quantitative estimate of drug-likeness (QED) is 0.185. The summed E-state index contributed by atoms with van der Waals surface area (Å²) >= 11 is 0. The minimum Gasteiger partial charge on any atom is -0.308 e. The first kappa shape index (κ1) is 28.9. The van der Waals surface area contributed by atoms with Crippen molar-refractivity contribution in [2.24, 2.45) is 0 Å². The van der Waals surface area contributed by atoms with E-state index in [1.165, 1.54) is 0 Å². The van der Waals surface area contributed by atoms with Gasteiger partial charge in [0.1, 0.15) is 5.82 Å². The van der Waals surface area contributed by atoms with Crippen LogP contribution in [0.4, 0.5) is 0 Å². The molecule has 5 nitrogen and oxygen atoms in total. The monoisotopic (exact) mass is 597 g/mol. The van der Waals surface area contributed by atoms with Crippen LogP contribution in [-0.2, 0) is 0 Å². The van der Waals surface area contributed by atoms with Crippen molar-refractivity contribution in [3.05, 3.63) is 145 Å². The molecule has 0 atom stereocenters. The highest BCUT2D eigenvalue weighted by atomic mass is 15.1. The first-order chi connectivity index (χ1) is 22.7. The van der Waals surface area contributed by atoms with Gasteiger partial charge in [-0.3, -0.25) is 4.57 Å². The van der Waals surface area contributed by atoms with Gasteiger partial charge in [-0.25, -0.2) is 15.0 Å². The molecule has 0 N–H and O–H groups in total. The molecule has 0 unspecified atom stereocenters. The van der Waals surface area contributed by atoms with Crippen molar-refractivity contribution in [3.63, 3.8) is 0 Å².